The molecule has 0 bridgehead atoms. The number of halogens is 3. The molecule has 1 N–H and O–H groups in total. The SMILES string of the molecule is CN(C)C(=O)C=CCCC(OC(=O)N(C)C)C(=O)Nc1cccn(Cc2nc3ccc(F)cc3n2Cc2ccc(F)cc2F)c1=O. The molecule has 14 heteroatoms. The number of hydrogen-bond donors (Lipinski definition) is 1. The van der Waals surface area contributed by atoms with Gasteiger partial charge in [-0.1, -0.05) is 12.1 Å². The lowest BCUT2D eigenvalue weighted by Gasteiger charge is -2.20. The minimum Gasteiger partial charge on any atom is -0.436 e. The van der Waals surface area contributed by atoms with Gasteiger partial charge in [-0.25, -0.2) is 22.9 Å². The Morgan fingerprint density at radius 3 is 2.39 bits per heavy atom. The lowest BCUT2D eigenvalue weighted by Crippen LogP contribution is -2.37. The molecule has 0 aliphatic heterocycles. The predicted octanol–water partition coefficient (Wildman–Crippen LogP) is 4.14. The van der Waals surface area contributed by atoms with Crippen LogP contribution in [0.3, 0.4) is 0 Å². The van der Waals surface area contributed by atoms with E-state index in [1.54, 1.807) is 20.2 Å². The number of pyridine rings is 1. The summed E-state index contributed by atoms with van der Waals surface area (Å²) in [5.74, 6) is -2.83. The average Bonchev–Trinajstić information content (AvgIpc) is 3.33. The van der Waals surface area contributed by atoms with Gasteiger partial charge in [0.2, 0.25) is 5.91 Å². The number of amides is 3. The molecule has 46 heavy (non-hydrogen) atoms. The maximum absolute atomic E-state index is 14.6. The van der Waals surface area contributed by atoms with Gasteiger partial charge in [-0.15, -0.1) is 0 Å². The number of allylic oxidation sites excluding steroid dienone is 1. The van der Waals surface area contributed by atoms with Gasteiger partial charge in [0.25, 0.3) is 11.5 Å². The summed E-state index contributed by atoms with van der Waals surface area (Å²) in [6.07, 6.45) is 2.55. The fraction of sp³-hybridized carbons (Fsp3) is 0.281. The zero-order valence-electron chi connectivity index (χ0n) is 25.7. The van der Waals surface area contributed by atoms with Gasteiger partial charge in [-0.2, -0.15) is 0 Å². The van der Waals surface area contributed by atoms with Crippen LogP contribution in [0.1, 0.15) is 24.2 Å². The van der Waals surface area contributed by atoms with Gasteiger partial charge in [-0.05, 0) is 55.3 Å². The summed E-state index contributed by atoms with van der Waals surface area (Å²) >= 11 is 0. The number of fused-ring (bicyclic) bond motifs is 1. The highest BCUT2D eigenvalue weighted by Crippen LogP contribution is 2.22. The molecule has 0 aliphatic carbocycles. The monoisotopic (exact) mass is 638 g/mol. The van der Waals surface area contributed by atoms with Crippen LogP contribution in [0.5, 0.6) is 0 Å². The highest BCUT2D eigenvalue weighted by molar-refractivity contribution is 5.95. The predicted molar refractivity (Wildman–Crippen MR) is 165 cm³/mol. The molecule has 1 atom stereocenters. The van der Waals surface area contributed by atoms with E-state index in [1.807, 2.05) is 0 Å². The number of carbonyl (C=O) groups is 3. The Morgan fingerprint density at radius 2 is 1.70 bits per heavy atom. The molecule has 0 fully saturated rings. The molecule has 0 saturated heterocycles. The number of carbonyl (C=O) groups excluding carboxylic acids is 3. The summed E-state index contributed by atoms with van der Waals surface area (Å²) in [7, 11) is 6.09. The lowest BCUT2D eigenvalue weighted by molar-refractivity contribution is -0.125. The molecule has 0 saturated carbocycles. The summed E-state index contributed by atoms with van der Waals surface area (Å²) in [5.41, 5.74) is 0.114. The van der Waals surface area contributed by atoms with E-state index < -0.39 is 41.1 Å². The summed E-state index contributed by atoms with van der Waals surface area (Å²) in [4.78, 5) is 57.8. The van der Waals surface area contributed by atoms with Crippen molar-refractivity contribution in [3.05, 3.63) is 106 Å². The van der Waals surface area contributed by atoms with E-state index >= 15 is 0 Å². The van der Waals surface area contributed by atoms with Gasteiger partial charge in [0.1, 0.15) is 29.0 Å². The van der Waals surface area contributed by atoms with Gasteiger partial charge in [0.15, 0.2) is 6.10 Å². The molecule has 4 aromatic rings. The minimum atomic E-state index is -1.29. The van der Waals surface area contributed by atoms with Crippen molar-refractivity contribution in [2.75, 3.05) is 33.5 Å². The number of imidazole rings is 1. The van der Waals surface area contributed by atoms with Crippen molar-refractivity contribution in [3.8, 4) is 0 Å². The van der Waals surface area contributed by atoms with E-state index in [2.05, 4.69) is 10.3 Å². The van der Waals surface area contributed by atoms with Crippen molar-refractivity contribution in [2.45, 2.75) is 32.0 Å². The van der Waals surface area contributed by atoms with Crippen LogP contribution in [0.15, 0.2) is 71.7 Å². The third kappa shape index (κ3) is 8.20. The molecule has 3 amide bonds. The largest absolute Gasteiger partial charge is 0.436 e. The first kappa shape index (κ1) is 33.5. The van der Waals surface area contributed by atoms with Gasteiger partial charge in [0.05, 0.1) is 24.1 Å². The quantitative estimate of drug-likeness (QED) is 0.247. The molecule has 2 heterocycles. The number of ether oxygens (including phenoxy) is 1. The minimum absolute atomic E-state index is 0.0319. The van der Waals surface area contributed by atoms with Gasteiger partial charge in [0, 0.05) is 46.0 Å². The molecule has 2 aromatic heterocycles. The first-order valence-electron chi connectivity index (χ1n) is 14.2. The second-order valence-electron chi connectivity index (χ2n) is 10.8. The third-order valence-electron chi connectivity index (χ3n) is 6.92. The molecule has 242 valence electrons. The number of aromatic nitrogens is 3. The standard InChI is InChI=1S/C32H33F3N6O5/c1-38(2)29(42)10-6-5-9-27(46-32(45)39(3)4)30(43)37-25-8-7-15-40(31(25)44)19-28-36-24-14-13-22(34)17-26(24)41(28)18-20-11-12-21(33)16-23(20)35/h6-8,10-17,27H,5,9,18-19H2,1-4H3,(H,37,43). The van der Waals surface area contributed by atoms with Crippen LogP contribution in [0, 0.1) is 17.5 Å². The lowest BCUT2D eigenvalue weighted by atomic mass is 10.1. The van der Waals surface area contributed by atoms with Crippen LogP contribution in [0.25, 0.3) is 11.0 Å². The summed E-state index contributed by atoms with van der Waals surface area (Å²) in [6, 6.07) is 9.92. The van der Waals surface area contributed by atoms with Crippen molar-refractivity contribution in [1.82, 2.24) is 23.9 Å². The molecule has 4 rings (SSSR count). The smallest absolute Gasteiger partial charge is 0.410 e. The van der Waals surface area contributed by atoms with Crippen molar-refractivity contribution < 1.29 is 32.3 Å². The normalized spacial score (nSPS) is 11.9. The second-order valence-corrected chi connectivity index (χ2v) is 10.8. The van der Waals surface area contributed by atoms with E-state index in [-0.39, 0.29) is 48.9 Å². The van der Waals surface area contributed by atoms with Crippen LogP contribution >= 0.6 is 0 Å². The number of nitrogens with zero attached hydrogens (tertiary/aromatic N) is 5. The Kier molecular flexibility index (Phi) is 10.6. The Hall–Kier alpha value is -5.40. The van der Waals surface area contributed by atoms with Gasteiger partial charge in [-0.3, -0.25) is 14.4 Å². The molecular weight excluding hydrogens is 605 g/mol. The summed E-state index contributed by atoms with van der Waals surface area (Å²) < 4.78 is 50.4. The zero-order chi connectivity index (χ0) is 33.5. The molecule has 1 unspecified atom stereocenters. The first-order chi connectivity index (χ1) is 21.8. The van der Waals surface area contributed by atoms with E-state index in [0.717, 1.165) is 17.0 Å². The first-order valence-corrected chi connectivity index (χ1v) is 14.2. The molecule has 2 aromatic carbocycles. The van der Waals surface area contributed by atoms with Crippen LogP contribution in [-0.4, -0.2) is 76.1 Å². The number of rotatable bonds is 11. The molecule has 11 nitrogen and oxygen atoms in total. The van der Waals surface area contributed by atoms with E-state index in [1.165, 1.54) is 76.8 Å². The van der Waals surface area contributed by atoms with Crippen LogP contribution < -0.4 is 10.9 Å². The van der Waals surface area contributed by atoms with Crippen LogP contribution in [-0.2, 0) is 27.4 Å². The summed E-state index contributed by atoms with van der Waals surface area (Å²) in [5, 5.41) is 2.52. The fourth-order valence-corrected chi connectivity index (χ4v) is 4.44. The van der Waals surface area contributed by atoms with Crippen molar-refractivity contribution in [3.63, 3.8) is 0 Å². The Balaban J connectivity index is 1.60. The number of nitrogens with one attached hydrogen (secondary N) is 1. The Morgan fingerprint density at radius 1 is 0.978 bits per heavy atom. The fourth-order valence-electron chi connectivity index (χ4n) is 4.44. The maximum Gasteiger partial charge on any atom is 0.410 e. The Bertz CT molecular complexity index is 1850. The average molecular weight is 639 g/mol. The third-order valence-corrected chi connectivity index (χ3v) is 6.92. The topological polar surface area (TPSA) is 119 Å². The van der Waals surface area contributed by atoms with Gasteiger partial charge >= 0.3 is 6.09 Å². The highest BCUT2D eigenvalue weighted by atomic mass is 19.1. The molecular formula is C32H33F3N6O5. The van der Waals surface area contributed by atoms with Crippen molar-refractivity contribution in [2.24, 2.45) is 0 Å². The number of hydrogen-bond acceptors (Lipinski definition) is 6. The van der Waals surface area contributed by atoms with E-state index in [9.17, 15) is 32.3 Å². The van der Waals surface area contributed by atoms with Gasteiger partial charge < -0.3 is 29.0 Å². The van der Waals surface area contributed by atoms with Crippen molar-refractivity contribution in [1.29, 1.82) is 0 Å². The molecule has 0 radical (unpaired) electrons. The Labute approximate surface area is 262 Å². The van der Waals surface area contributed by atoms with Crippen LogP contribution in [0.2, 0.25) is 0 Å². The molecule has 0 spiro atoms. The number of benzene rings is 2. The number of anilines is 1. The van der Waals surface area contributed by atoms with E-state index in [4.69, 9.17) is 4.74 Å². The van der Waals surface area contributed by atoms with E-state index in [0.29, 0.717) is 11.0 Å². The number of likely N-dealkylation sites (N-methyl/N-ethyl adjacent to an activating group) is 1. The van der Waals surface area contributed by atoms with Crippen molar-refractivity contribution >= 4 is 34.6 Å². The van der Waals surface area contributed by atoms with Crippen LogP contribution in [0.4, 0.5) is 23.7 Å². The second kappa shape index (κ2) is 14.6. The highest BCUT2D eigenvalue weighted by Gasteiger charge is 2.25. The molecule has 0 aliphatic rings. The maximum atomic E-state index is 14.6. The zero-order valence-corrected chi connectivity index (χ0v) is 25.7. The summed E-state index contributed by atoms with van der Waals surface area (Å²) in [6.45, 7) is -0.272.